The fourth-order valence-corrected chi connectivity index (χ4v) is 4.04. The molecule has 0 unspecified atom stereocenters. The van der Waals surface area contributed by atoms with E-state index < -0.39 is 0 Å². The van der Waals surface area contributed by atoms with E-state index in [1.165, 1.54) is 10.9 Å². The Kier molecular flexibility index (Phi) is 4.64. The van der Waals surface area contributed by atoms with E-state index >= 15 is 0 Å². The highest BCUT2D eigenvalue weighted by molar-refractivity contribution is 7.13. The number of benzene rings is 2. The molecule has 2 aromatic carbocycles. The lowest BCUT2D eigenvalue weighted by molar-refractivity contribution is -0.116. The Morgan fingerprint density at radius 3 is 2.73 bits per heavy atom. The van der Waals surface area contributed by atoms with Crippen LogP contribution in [0, 0.1) is 0 Å². The zero-order valence-electron chi connectivity index (χ0n) is 15.7. The van der Waals surface area contributed by atoms with E-state index in [4.69, 9.17) is 9.47 Å². The molecule has 4 aromatic rings. The zero-order chi connectivity index (χ0) is 20.5. The van der Waals surface area contributed by atoms with Gasteiger partial charge in [0.15, 0.2) is 11.5 Å². The lowest BCUT2D eigenvalue weighted by atomic mass is 10.1. The van der Waals surface area contributed by atoms with Crippen molar-refractivity contribution in [3.05, 3.63) is 65.2 Å². The van der Waals surface area contributed by atoms with Gasteiger partial charge in [-0.05, 0) is 23.7 Å². The van der Waals surface area contributed by atoms with Crippen molar-refractivity contribution < 1.29 is 14.3 Å². The van der Waals surface area contributed by atoms with Crippen LogP contribution in [0.2, 0.25) is 0 Å². The summed E-state index contributed by atoms with van der Waals surface area (Å²) in [6.45, 7) is 0.806. The third-order valence-electron chi connectivity index (χ3n) is 4.64. The second-order valence-corrected chi connectivity index (χ2v) is 7.43. The van der Waals surface area contributed by atoms with Gasteiger partial charge in [0, 0.05) is 17.3 Å². The molecule has 3 heterocycles. The van der Waals surface area contributed by atoms with Gasteiger partial charge in [0.1, 0.15) is 35.7 Å². The maximum Gasteiger partial charge on any atom is 0.273 e. The van der Waals surface area contributed by atoms with Gasteiger partial charge < -0.3 is 14.8 Å². The summed E-state index contributed by atoms with van der Waals surface area (Å²) in [5.41, 5.74) is 2.37. The van der Waals surface area contributed by atoms with Gasteiger partial charge in [-0.15, -0.1) is 0 Å². The van der Waals surface area contributed by atoms with E-state index in [1.54, 1.807) is 18.2 Å². The van der Waals surface area contributed by atoms with Gasteiger partial charge in [0.05, 0.1) is 6.33 Å². The minimum atomic E-state index is -0.345. The number of nitrogens with one attached hydrogen (secondary N) is 1. The summed E-state index contributed by atoms with van der Waals surface area (Å²) in [5.74, 6) is 0.879. The van der Waals surface area contributed by atoms with E-state index in [0.29, 0.717) is 46.3 Å². The van der Waals surface area contributed by atoms with Crippen molar-refractivity contribution >= 4 is 33.3 Å². The molecule has 0 aliphatic carbocycles. The summed E-state index contributed by atoms with van der Waals surface area (Å²) in [4.78, 5) is 29.7. The summed E-state index contributed by atoms with van der Waals surface area (Å²) >= 11 is 1.09. The van der Waals surface area contributed by atoms with E-state index in [2.05, 4.69) is 14.7 Å². The van der Waals surface area contributed by atoms with Crippen molar-refractivity contribution in [3.8, 4) is 22.8 Å². The smallest absolute Gasteiger partial charge is 0.273 e. The molecule has 0 atom stereocenters. The Morgan fingerprint density at radius 2 is 1.90 bits per heavy atom. The lowest BCUT2D eigenvalue weighted by Crippen LogP contribution is -2.27. The predicted molar refractivity (Wildman–Crippen MR) is 113 cm³/mol. The quantitative estimate of drug-likeness (QED) is 0.545. The molecule has 0 fully saturated rings. The predicted octanol–water partition coefficient (Wildman–Crippen LogP) is 2.93. The first-order valence-corrected chi connectivity index (χ1v) is 10.1. The van der Waals surface area contributed by atoms with Crippen LogP contribution in [0.3, 0.4) is 0 Å². The molecule has 1 aliphatic heterocycles. The van der Waals surface area contributed by atoms with Crippen LogP contribution in [0.1, 0.15) is 0 Å². The summed E-state index contributed by atoms with van der Waals surface area (Å²) < 4.78 is 17.1. The van der Waals surface area contributed by atoms with Crippen LogP contribution in [0.25, 0.3) is 21.5 Å². The normalized spacial score (nSPS) is 12.7. The Labute approximate surface area is 174 Å². The number of carbonyl (C=O) groups excluding carboxylic acids is 1. The third-order valence-corrected chi connectivity index (χ3v) is 5.46. The number of fused-ring (bicyclic) bond motifs is 2. The van der Waals surface area contributed by atoms with Crippen molar-refractivity contribution in [3.63, 3.8) is 0 Å². The van der Waals surface area contributed by atoms with E-state index in [9.17, 15) is 9.59 Å². The SMILES string of the molecule is O=C(Cn1cnc2c(-c3ccccc3)nsc2c1=O)Nc1ccc2c(c1)OCCO2. The Bertz CT molecular complexity index is 1300. The van der Waals surface area contributed by atoms with Crippen LogP contribution in [0.5, 0.6) is 11.5 Å². The first-order valence-electron chi connectivity index (χ1n) is 9.29. The fraction of sp³-hybridized carbons (Fsp3) is 0.143. The van der Waals surface area contributed by atoms with Crippen LogP contribution in [0.4, 0.5) is 5.69 Å². The van der Waals surface area contributed by atoms with Gasteiger partial charge in [0.25, 0.3) is 5.56 Å². The molecule has 0 saturated heterocycles. The van der Waals surface area contributed by atoms with Crippen LogP contribution in [0.15, 0.2) is 59.7 Å². The van der Waals surface area contributed by atoms with Crippen molar-refractivity contribution in [2.75, 3.05) is 18.5 Å². The second kappa shape index (κ2) is 7.60. The topological polar surface area (TPSA) is 95.3 Å². The minimum Gasteiger partial charge on any atom is -0.486 e. The van der Waals surface area contributed by atoms with Crippen molar-refractivity contribution in [2.24, 2.45) is 0 Å². The van der Waals surface area contributed by atoms with Gasteiger partial charge >= 0.3 is 0 Å². The number of hydrogen-bond donors (Lipinski definition) is 1. The van der Waals surface area contributed by atoms with Crippen LogP contribution >= 0.6 is 11.5 Å². The number of amides is 1. The number of nitrogens with zero attached hydrogens (tertiary/aromatic N) is 3. The molecular formula is C21H16N4O4S. The summed E-state index contributed by atoms with van der Waals surface area (Å²) in [7, 11) is 0. The molecule has 2 aromatic heterocycles. The molecule has 8 nitrogen and oxygen atoms in total. The lowest BCUT2D eigenvalue weighted by Gasteiger charge is -2.19. The monoisotopic (exact) mass is 420 g/mol. The average molecular weight is 420 g/mol. The number of carbonyl (C=O) groups is 1. The summed E-state index contributed by atoms with van der Waals surface area (Å²) in [6.07, 6.45) is 1.38. The summed E-state index contributed by atoms with van der Waals surface area (Å²) in [5, 5.41) is 2.77. The molecule has 30 heavy (non-hydrogen) atoms. The fourth-order valence-electron chi connectivity index (χ4n) is 3.23. The number of rotatable bonds is 4. The molecule has 1 N–H and O–H groups in total. The van der Waals surface area contributed by atoms with E-state index in [0.717, 1.165) is 17.1 Å². The molecule has 0 bridgehead atoms. The molecule has 1 aliphatic rings. The molecule has 0 saturated carbocycles. The average Bonchev–Trinajstić information content (AvgIpc) is 3.21. The van der Waals surface area contributed by atoms with E-state index in [-0.39, 0.29) is 18.0 Å². The van der Waals surface area contributed by atoms with Crippen LogP contribution < -0.4 is 20.3 Å². The van der Waals surface area contributed by atoms with Gasteiger partial charge in [-0.2, -0.15) is 4.37 Å². The first-order chi connectivity index (χ1) is 14.7. The van der Waals surface area contributed by atoms with Crippen LogP contribution in [-0.2, 0) is 11.3 Å². The molecule has 9 heteroatoms. The first kappa shape index (κ1) is 18.3. The van der Waals surface area contributed by atoms with Crippen LogP contribution in [-0.4, -0.2) is 33.0 Å². The Hall–Kier alpha value is -3.72. The Morgan fingerprint density at radius 1 is 1.10 bits per heavy atom. The van der Waals surface area contributed by atoms with Gasteiger partial charge in [0.2, 0.25) is 5.91 Å². The largest absolute Gasteiger partial charge is 0.486 e. The molecule has 0 spiro atoms. The van der Waals surface area contributed by atoms with Gasteiger partial charge in [-0.1, -0.05) is 30.3 Å². The number of ether oxygens (including phenoxy) is 2. The maximum atomic E-state index is 12.8. The number of aromatic nitrogens is 3. The standard InChI is InChI=1S/C21H16N4O4S/c26-17(23-14-6-7-15-16(10-14)29-9-8-28-15)11-25-12-22-19-18(13-4-2-1-3-5-13)24-30-20(19)21(25)27/h1-7,10,12H,8-9,11H2,(H,23,26). The highest BCUT2D eigenvalue weighted by atomic mass is 32.1. The number of anilines is 1. The Balaban J connectivity index is 1.37. The highest BCUT2D eigenvalue weighted by Crippen LogP contribution is 2.32. The molecule has 0 radical (unpaired) electrons. The van der Waals surface area contributed by atoms with Crippen molar-refractivity contribution in [1.29, 1.82) is 0 Å². The number of hydrogen-bond acceptors (Lipinski definition) is 7. The van der Waals surface area contributed by atoms with Crippen molar-refractivity contribution in [1.82, 2.24) is 13.9 Å². The molecule has 150 valence electrons. The van der Waals surface area contributed by atoms with E-state index in [1.807, 2.05) is 30.3 Å². The molecule has 5 rings (SSSR count). The highest BCUT2D eigenvalue weighted by Gasteiger charge is 2.16. The summed E-state index contributed by atoms with van der Waals surface area (Å²) in [6, 6.07) is 14.7. The molecular weight excluding hydrogens is 404 g/mol. The minimum absolute atomic E-state index is 0.158. The zero-order valence-corrected chi connectivity index (χ0v) is 16.5. The van der Waals surface area contributed by atoms with Gasteiger partial charge in [-0.25, -0.2) is 4.98 Å². The molecule has 1 amide bonds. The third kappa shape index (κ3) is 3.39. The van der Waals surface area contributed by atoms with Gasteiger partial charge in [-0.3, -0.25) is 14.2 Å². The second-order valence-electron chi connectivity index (χ2n) is 6.66. The maximum absolute atomic E-state index is 12.8. The van der Waals surface area contributed by atoms with Crippen molar-refractivity contribution in [2.45, 2.75) is 6.54 Å².